The van der Waals surface area contributed by atoms with Gasteiger partial charge in [0.1, 0.15) is 11.5 Å². The fourth-order valence-electron chi connectivity index (χ4n) is 2.40. The summed E-state index contributed by atoms with van der Waals surface area (Å²) in [5.41, 5.74) is 2.01. The summed E-state index contributed by atoms with van der Waals surface area (Å²) in [5, 5.41) is 0. The third kappa shape index (κ3) is 3.09. The number of hydrogen-bond acceptors (Lipinski definition) is 4. The van der Waals surface area contributed by atoms with Gasteiger partial charge in [0.05, 0.1) is 25.6 Å². The van der Waals surface area contributed by atoms with E-state index < -0.39 is 0 Å². The van der Waals surface area contributed by atoms with E-state index in [1.54, 1.807) is 38.5 Å². The van der Waals surface area contributed by atoms with Crippen LogP contribution in [-0.4, -0.2) is 23.8 Å². The maximum atomic E-state index is 12.5. The van der Waals surface area contributed by atoms with Crippen LogP contribution in [0.3, 0.4) is 0 Å². The Hall–Kier alpha value is -2.86. The van der Waals surface area contributed by atoms with Gasteiger partial charge in [-0.05, 0) is 66.3 Å². The fourth-order valence-corrected chi connectivity index (χ4v) is 2.70. The van der Waals surface area contributed by atoms with Crippen LogP contribution in [0.5, 0.6) is 11.5 Å². The van der Waals surface area contributed by atoms with E-state index in [0.29, 0.717) is 16.2 Å². The molecule has 1 N–H and O–H groups in total. The van der Waals surface area contributed by atoms with Crippen LogP contribution >= 0.6 is 12.2 Å². The van der Waals surface area contributed by atoms with E-state index in [0.717, 1.165) is 17.1 Å². The summed E-state index contributed by atoms with van der Waals surface area (Å²) in [6.07, 6.45) is 0. The first-order valence-electron chi connectivity index (χ1n) is 7.27. The van der Waals surface area contributed by atoms with E-state index in [9.17, 15) is 4.79 Å². The van der Waals surface area contributed by atoms with Crippen LogP contribution in [0.15, 0.2) is 59.4 Å². The van der Waals surface area contributed by atoms with Crippen LogP contribution in [0, 0.1) is 4.77 Å². The minimum Gasteiger partial charge on any atom is -0.497 e. The molecule has 24 heavy (non-hydrogen) atoms. The predicted molar refractivity (Wildman–Crippen MR) is 95.8 cm³/mol. The Bertz CT molecular complexity index is 926. The SMILES string of the molecule is COc1ccc(-c2cc(=O)n(-c3ccc(OC)cc3)c(=S)[nH]2)cc1. The molecule has 122 valence electrons. The highest BCUT2D eigenvalue weighted by atomic mass is 32.1. The Morgan fingerprint density at radius 2 is 1.46 bits per heavy atom. The second-order valence-electron chi connectivity index (χ2n) is 5.09. The number of aromatic nitrogens is 2. The smallest absolute Gasteiger partial charge is 0.259 e. The van der Waals surface area contributed by atoms with E-state index in [1.807, 2.05) is 24.3 Å². The first kappa shape index (κ1) is 16.0. The van der Waals surface area contributed by atoms with Gasteiger partial charge in [0, 0.05) is 6.07 Å². The third-order valence-corrected chi connectivity index (χ3v) is 3.95. The van der Waals surface area contributed by atoms with Crippen molar-refractivity contribution >= 4 is 12.2 Å². The summed E-state index contributed by atoms with van der Waals surface area (Å²) in [6, 6.07) is 16.1. The van der Waals surface area contributed by atoms with Gasteiger partial charge in [0.2, 0.25) is 0 Å². The maximum Gasteiger partial charge on any atom is 0.259 e. The quantitative estimate of drug-likeness (QED) is 0.738. The largest absolute Gasteiger partial charge is 0.497 e. The molecule has 0 aliphatic heterocycles. The lowest BCUT2D eigenvalue weighted by Crippen LogP contribution is -2.19. The summed E-state index contributed by atoms with van der Waals surface area (Å²) in [6.45, 7) is 0. The lowest BCUT2D eigenvalue weighted by Gasteiger charge is -2.09. The molecular formula is C18H16N2O3S. The molecule has 2 aromatic carbocycles. The molecule has 0 fully saturated rings. The number of aromatic amines is 1. The summed E-state index contributed by atoms with van der Waals surface area (Å²) in [5.74, 6) is 1.47. The number of hydrogen-bond donors (Lipinski definition) is 1. The van der Waals surface area contributed by atoms with Crippen molar-refractivity contribution in [1.82, 2.24) is 9.55 Å². The Morgan fingerprint density at radius 1 is 0.917 bits per heavy atom. The number of ether oxygens (including phenoxy) is 2. The average Bonchev–Trinajstić information content (AvgIpc) is 2.61. The number of nitrogens with one attached hydrogen (secondary N) is 1. The molecule has 3 rings (SSSR count). The molecule has 0 atom stereocenters. The third-order valence-electron chi connectivity index (χ3n) is 3.66. The Kier molecular flexibility index (Phi) is 4.48. The van der Waals surface area contributed by atoms with Crippen LogP contribution in [0.1, 0.15) is 0 Å². The van der Waals surface area contributed by atoms with Gasteiger partial charge in [-0.1, -0.05) is 0 Å². The first-order chi connectivity index (χ1) is 11.6. The van der Waals surface area contributed by atoms with Crippen LogP contribution in [0.4, 0.5) is 0 Å². The fraction of sp³-hybridized carbons (Fsp3) is 0.111. The summed E-state index contributed by atoms with van der Waals surface area (Å²) in [7, 11) is 3.20. The highest BCUT2D eigenvalue weighted by molar-refractivity contribution is 7.71. The molecule has 6 heteroatoms. The van der Waals surface area contributed by atoms with Crippen molar-refractivity contribution in [1.29, 1.82) is 0 Å². The molecule has 1 heterocycles. The Morgan fingerprint density at radius 3 is 1.96 bits per heavy atom. The van der Waals surface area contributed by atoms with Crippen LogP contribution in [0.25, 0.3) is 16.9 Å². The maximum absolute atomic E-state index is 12.5. The van der Waals surface area contributed by atoms with Gasteiger partial charge in [-0.2, -0.15) is 0 Å². The summed E-state index contributed by atoms with van der Waals surface area (Å²) >= 11 is 5.37. The van der Waals surface area contributed by atoms with E-state index in [2.05, 4.69) is 4.98 Å². The molecule has 1 aromatic heterocycles. The first-order valence-corrected chi connectivity index (χ1v) is 7.68. The van der Waals surface area contributed by atoms with Crippen molar-refractivity contribution in [3.63, 3.8) is 0 Å². The number of benzene rings is 2. The number of rotatable bonds is 4. The van der Waals surface area contributed by atoms with Crippen molar-refractivity contribution in [2.75, 3.05) is 14.2 Å². The van der Waals surface area contributed by atoms with Gasteiger partial charge in [0.25, 0.3) is 5.56 Å². The molecule has 0 spiro atoms. The van der Waals surface area contributed by atoms with Gasteiger partial charge in [-0.15, -0.1) is 0 Å². The topological polar surface area (TPSA) is 56.2 Å². The van der Waals surface area contributed by atoms with E-state index in [-0.39, 0.29) is 5.56 Å². The minimum absolute atomic E-state index is 0.199. The Labute approximate surface area is 144 Å². The van der Waals surface area contributed by atoms with E-state index >= 15 is 0 Å². The molecule has 0 aliphatic rings. The van der Waals surface area contributed by atoms with Gasteiger partial charge < -0.3 is 14.5 Å². The molecule has 0 saturated carbocycles. The molecule has 0 saturated heterocycles. The van der Waals surface area contributed by atoms with Crippen molar-refractivity contribution in [3.8, 4) is 28.4 Å². The van der Waals surface area contributed by atoms with Crippen LogP contribution in [-0.2, 0) is 0 Å². The molecular weight excluding hydrogens is 324 g/mol. The van der Waals surface area contributed by atoms with Crippen LogP contribution < -0.4 is 15.0 Å². The van der Waals surface area contributed by atoms with Crippen molar-refractivity contribution < 1.29 is 9.47 Å². The summed E-state index contributed by atoms with van der Waals surface area (Å²) < 4.78 is 12.0. The number of nitrogens with zero attached hydrogens (tertiary/aromatic N) is 1. The summed E-state index contributed by atoms with van der Waals surface area (Å²) in [4.78, 5) is 15.6. The molecule has 0 bridgehead atoms. The van der Waals surface area contributed by atoms with Gasteiger partial charge in [-0.3, -0.25) is 9.36 Å². The highest BCUT2D eigenvalue weighted by Gasteiger charge is 2.07. The predicted octanol–water partition coefficient (Wildman–Crippen LogP) is 3.58. The standard InChI is InChI=1S/C18H16N2O3S/c1-22-14-7-3-12(4-8-14)16-11-17(21)20(18(24)19-16)13-5-9-15(23-2)10-6-13/h3-11H,1-2H3,(H,19,24). The Balaban J connectivity index is 2.04. The molecule has 0 aliphatic carbocycles. The second kappa shape index (κ2) is 6.72. The zero-order valence-corrected chi connectivity index (χ0v) is 14.1. The minimum atomic E-state index is -0.199. The van der Waals surface area contributed by atoms with E-state index in [1.165, 1.54) is 10.6 Å². The number of methoxy groups -OCH3 is 2. The number of H-pyrrole nitrogens is 1. The van der Waals surface area contributed by atoms with Crippen LogP contribution in [0.2, 0.25) is 0 Å². The molecule has 0 radical (unpaired) electrons. The zero-order valence-electron chi connectivity index (χ0n) is 13.3. The highest BCUT2D eigenvalue weighted by Crippen LogP contribution is 2.20. The second-order valence-corrected chi connectivity index (χ2v) is 5.48. The molecule has 0 amide bonds. The average molecular weight is 340 g/mol. The van der Waals surface area contributed by atoms with Gasteiger partial charge in [-0.25, -0.2) is 0 Å². The molecule has 3 aromatic rings. The van der Waals surface area contributed by atoms with Gasteiger partial charge >= 0.3 is 0 Å². The lowest BCUT2D eigenvalue weighted by molar-refractivity contribution is 0.414. The van der Waals surface area contributed by atoms with Crippen molar-refractivity contribution in [2.24, 2.45) is 0 Å². The lowest BCUT2D eigenvalue weighted by atomic mass is 10.1. The van der Waals surface area contributed by atoms with Gasteiger partial charge in [0.15, 0.2) is 4.77 Å². The van der Waals surface area contributed by atoms with Crippen molar-refractivity contribution in [2.45, 2.75) is 0 Å². The molecule has 5 nitrogen and oxygen atoms in total. The monoisotopic (exact) mass is 340 g/mol. The normalized spacial score (nSPS) is 10.4. The molecule has 0 unspecified atom stereocenters. The van der Waals surface area contributed by atoms with Crippen molar-refractivity contribution in [3.05, 3.63) is 69.7 Å². The zero-order chi connectivity index (χ0) is 17.1. The van der Waals surface area contributed by atoms with E-state index in [4.69, 9.17) is 21.7 Å².